The second-order valence-corrected chi connectivity index (χ2v) is 9.29. The molecule has 1 aromatic carbocycles. The van der Waals surface area contributed by atoms with Crippen LogP contribution in [0.5, 0.6) is 0 Å². The Labute approximate surface area is 196 Å². The van der Waals surface area contributed by atoms with Gasteiger partial charge in [0.05, 0.1) is 16.8 Å². The molecule has 0 bridgehead atoms. The average molecular weight is 456 g/mol. The Hall–Kier alpha value is -3.47. The largest absolute Gasteiger partial charge is 0.355 e. The van der Waals surface area contributed by atoms with Crippen molar-refractivity contribution in [2.75, 3.05) is 18.0 Å². The molecule has 1 atom stereocenters. The van der Waals surface area contributed by atoms with Crippen molar-refractivity contribution in [2.24, 2.45) is 11.1 Å². The summed E-state index contributed by atoms with van der Waals surface area (Å²) in [4.78, 5) is 16.2. The Kier molecular flexibility index (Phi) is 4.61. The number of nitrogens with zero attached hydrogens (tertiary/aromatic N) is 6. The normalized spacial score (nSPS) is 19.1. The summed E-state index contributed by atoms with van der Waals surface area (Å²) >= 11 is 6.49. The molecular weight excluding hydrogens is 434 g/mol. The van der Waals surface area contributed by atoms with Crippen molar-refractivity contribution >= 4 is 22.9 Å². The first kappa shape index (κ1) is 20.2. The first-order valence-corrected chi connectivity index (χ1v) is 11.4. The van der Waals surface area contributed by atoms with Crippen molar-refractivity contribution in [3.63, 3.8) is 0 Å². The summed E-state index contributed by atoms with van der Waals surface area (Å²) < 4.78 is 2.00. The number of nitrogens with two attached hydrogens (primary N) is 1. The van der Waals surface area contributed by atoms with Gasteiger partial charge in [-0.25, -0.2) is 9.97 Å². The fourth-order valence-corrected chi connectivity index (χ4v) is 5.71. The summed E-state index contributed by atoms with van der Waals surface area (Å²) in [7, 11) is 0. The highest BCUT2D eigenvalue weighted by Crippen LogP contribution is 2.50. The molecule has 3 aromatic heterocycles. The van der Waals surface area contributed by atoms with Crippen molar-refractivity contribution < 1.29 is 0 Å². The number of aromatic nitrogens is 4. The number of hydrogen-bond acceptors (Lipinski definition) is 6. The van der Waals surface area contributed by atoms with E-state index in [1.165, 1.54) is 5.56 Å². The minimum Gasteiger partial charge on any atom is -0.355 e. The molecule has 2 N–H and O–H groups in total. The number of benzene rings is 1. The number of nitriles is 1. The van der Waals surface area contributed by atoms with E-state index < -0.39 is 0 Å². The maximum atomic E-state index is 9.34. The quantitative estimate of drug-likeness (QED) is 0.487. The van der Waals surface area contributed by atoms with Crippen LogP contribution in [0.15, 0.2) is 55.1 Å². The predicted molar refractivity (Wildman–Crippen MR) is 127 cm³/mol. The lowest BCUT2D eigenvalue weighted by Crippen LogP contribution is -2.44. The fourth-order valence-electron chi connectivity index (χ4n) is 5.45. The molecular formula is C25H22ClN7. The van der Waals surface area contributed by atoms with E-state index in [0.717, 1.165) is 54.9 Å². The Morgan fingerprint density at radius 1 is 1.09 bits per heavy atom. The van der Waals surface area contributed by atoms with E-state index >= 15 is 0 Å². The lowest BCUT2D eigenvalue weighted by atomic mass is 9.73. The van der Waals surface area contributed by atoms with E-state index in [0.29, 0.717) is 16.4 Å². The van der Waals surface area contributed by atoms with Gasteiger partial charge in [-0.3, -0.25) is 9.38 Å². The van der Waals surface area contributed by atoms with Crippen LogP contribution in [0.4, 0.5) is 5.82 Å². The van der Waals surface area contributed by atoms with E-state index in [4.69, 9.17) is 22.3 Å². The van der Waals surface area contributed by atoms with E-state index in [1.807, 2.05) is 41.2 Å². The van der Waals surface area contributed by atoms with Crippen molar-refractivity contribution in [1.29, 1.82) is 5.26 Å². The topological polar surface area (TPSA) is 96.1 Å². The molecule has 33 heavy (non-hydrogen) atoms. The zero-order valence-corrected chi connectivity index (χ0v) is 18.7. The molecule has 7 nitrogen and oxygen atoms in total. The average Bonchev–Trinajstić information content (AvgIpc) is 3.39. The molecule has 0 radical (unpaired) electrons. The van der Waals surface area contributed by atoms with Crippen LogP contribution >= 0.6 is 11.6 Å². The number of anilines is 1. The molecule has 1 spiro atoms. The van der Waals surface area contributed by atoms with Gasteiger partial charge in [0.2, 0.25) is 0 Å². The molecule has 8 heteroatoms. The molecule has 0 amide bonds. The van der Waals surface area contributed by atoms with Crippen molar-refractivity contribution in [3.8, 4) is 17.5 Å². The van der Waals surface area contributed by atoms with Crippen LogP contribution < -0.4 is 10.6 Å². The first-order chi connectivity index (χ1) is 16.1. The van der Waals surface area contributed by atoms with Crippen LogP contribution in [-0.4, -0.2) is 32.4 Å². The van der Waals surface area contributed by atoms with Gasteiger partial charge in [0, 0.05) is 49.0 Å². The standard InChI is InChI=1S/C25H22ClN7/c26-21-16(14-27)3-1-4-18(21)23-31-15-20-24(30-9-12-33(20)23)32-10-6-25(7-11-32)13-19-17(22(25)28)5-2-8-29-19/h1-5,8-9,12,15,22H,6-7,10-11,13,28H2. The third kappa shape index (κ3) is 3.02. The van der Waals surface area contributed by atoms with Crippen molar-refractivity contribution in [3.05, 3.63) is 77.0 Å². The number of fused-ring (bicyclic) bond motifs is 2. The third-order valence-corrected chi connectivity index (χ3v) is 7.70. The third-order valence-electron chi connectivity index (χ3n) is 7.30. The highest BCUT2D eigenvalue weighted by Gasteiger charge is 2.46. The van der Waals surface area contributed by atoms with Gasteiger partial charge in [0.15, 0.2) is 5.82 Å². The predicted octanol–water partition coefficient (Wildman–Crippen LogP) is 4.16. The fraction of sp³-hybridized carbons (Fsp3) is 0.280. The van der Waals surface area contributed by atoms with Crippen LogP contribution in [0, 0.1) is 16.7 Å². The molecule has 1 unspecified atom stereocenters. The molecule has 6 rings (SSSR count). The van der Waals surface area contributed by atoms with Gasteiger partial charge in [-0.1, -0.05) is 23.7 Å². The highest BCUT2D eigenvalue weighted by atomic mass is 35.5. The molecule has 1 aliphatic carbocycles. The van der Waals surface area contributed by atoms with Crippen molar-refractivity contribution in [1.82, 2.24) is 19.4 Å². The summed E-state index contributed by atoms with van der Waals surface area (Å²) in [5.41, 5.74) is 11.2. The monoisotopic (exact) mass is 455 g/mol. The first-order valence-electron chi connectivity index (χ1n) is 11.1. The Balaban J connectivity index is 1.31. The van der Waals surface area contributed by atoms with Crippen LogP contribution in [-0.2, 0) is 6.42 Å². The maximum absolute atomic E-state index is 9.34. The van der Waals surface area contributed by atoms with Gasteiger partial charge in [-0.15, -0.1) is 0 Å². The Bertz CT molecular complexity index is 1410. The van der Waals surface area contributed by atoms with Gasteiger partial charge >= 0.3 is 0 Å². The highest BCUT2D eigenvalue weighted by molar-refractivity contribution is 6.34. The lowest BCUT2D eigenvalue weighted by molar-refractivity contribution is 0.187. The van der Waals surface area contributed by atoms with E-state index in [-0.39, 0.29) is 11.5 Å². The zero-order valence-electron chi connectivity index (χ0n) is 17.9. The maximum Gasteiger partial charge on any atom is 0.154 e. The molecule has 4 heterocycles. The summed E-state index contributed by atoms with van der Waals surface area (Å²) in [5, 5.41) is 9.75. The smallest absolute Gasteiger partial charge is 0.154 e. The molecule has 4 aromatic rings. The number of rotatable bonds is 2. The number of halogens is 1. The molecule has 1 aliphatic heterocycles. The van der Waals surface area contributed by atoms with E-state index in [2.05, 4.69) is 27.0 Å². The van der Waals surface area contributed by atoms with E-state index in [1.54, 1.807) is 12.3 Å². The van der Waals surface area contributed by atoms with Gasteiger partial charge in [0.25, 0.3) is 0 Å². The number of piperidine rings is 1. The minimum atomic E-state index is 0.0308. The van der Waals surface area contributed by atoms with Gasteiger partial charge in [-0.2, -0.15) is 5.26 Å². The summed E-state index contributed by atoms with van der Waals surface area (Å²) in [5.74, 6) is 1.60. The van der Waals surface area contributed by atoms with Crippen LogP contribution in [0.25, 0.3) is 16.9 Å². The van der Waals surface area contributed by atoms with Crippen LogP contribution in [0.3, 0.4) is 0 Å². The van der Waals surface area contributed by atoms with Crippen LogP contribution in [0.2, 0.25) is 5.02 Å². The van der Waals surface area contributed by atoms with Gasteiger partial charge < -0.3 is 10.6 Å². The van der Waals surface area contributed by atoms with Gasteiger partial charge in [-0.05, 0) is 48.4 Å². The summed E-state index contributed by atoms with van der Waals surface area (Å²) in [6, 6.07) is 11.7. The summed E-state index contributed by atoms with van der Waals surface area (Å²) in [6.07, 6.45) is 10.3. The van der Waals surface area contributed by atoms with E-state index in [9.17, 15) is 5.26 Å². The zero-order chi connectivity index (χ0) is 22.6. The Morgan fingerprint density at radius 2 is 1.94 bits per heavy atom. The SMILES string of the molecule is N#Cc1cccc(-c2ncc3c(N4CCC5(CC4)Cc4ncccc4C5N)nccn23)c1Cl. The summed E-state index contributed by atoms with van der Waals surface area (Å²) in [6.45, 7) is 1.75. The minimum absolute atomic E-state index is 0.0308. The number of imidazole rings is 1. The molecule has 164 valence electrons. The lowest BCUT2D eigenvalue weighted by Gasteiger charge is -2.42. The Morgan fingerprint density at radius 3 is 2.73 bits per heavy atom. The second-order valence-electron chi connectivity index (χ2n) is 8.91. The van der Waals surface area contributed by atoms with Gasteiger partial charge in [0.1, 0.15) is 17.4 Å². The molecule has 0 saturated carbocycles. The second kappa shape index (κ2) is 7.55. The van der Waals surface area contributed by atoms with Crippen LogP contribution in [0.1, 0.15) is 35.7 Å². The number of pyridine rings is 1. The molecule has 1 saturated heterocycles. The number of hydrogen-bond donors (Lipinski definition) is 1. The molecule has 2 aliphatic rings. The van der Waals surface area contributed by atoms with Crippen molar-refractivity contribution in [2.45, 2.75) is 25.3 Å². The molecule has 1 fully saturated rings.